The molecule has 0 fully saturated rings. The molecule has 4 aromatic heterocycles. The first-order chi connectivity index (χ1) is 8.93. The Labute approximate surface area is 148 Å². The summed E-state index contributed by atoms with van der Waals surface area (Å²) < 4.78 is 3.94. The van der Waals surface area contributed by atoms with Crippen molar-refractivity contribution in [2.45, 2.75) is 0 Å². The summed E-state index contributed by atoms with van der Waals surface area (Å²) in [5, 5.41) is 0. The fourth-order valence-corrected chi connectivity index (χ4v) is 1.73. The van der Waals surface area contributed by atoms with Crippen LogP contribution in [0.25, 0.3) is 11.3 Å². The summed E-state index contributed by atoms with van der Waals surface area (Å²) >= 11 is 0. The van der Waals surface area contributed by atoms with E-state index in [9.17, 15) is 0 Å². The minimum Gasteiger partial charge on any atom is -1.00 e. The largest absolute Gasteiger partial charge is 1.00 e. The van der Waals surface area contributed by atoms with Gasteiger partial charge in [0.05, 0.1) is 0 Å². The molecule has 0 aromatic carbocycles. The molecule has 0 radical (unpaired) electrons. The number of hydrogen-bond acceptors (Lipinski definition) is 2. The maximum atomic E-state index is 4.08. The number of aromatic nitrogens is 4. The van der Waals surface area contributed by atoms with Gasteiger partial charge >= 0.3 is 0 Å². The Morgan fingerprint density at radius 1 is 0.619 bits per heavy atom. The van der Waals surface area contributed by atoms with Crippen LogP contribution in [0, 0.1) is 0 Å². The third-order valence-electron chi connectivity index (χ3n) is 2.60. The summed E-state index contributed by atoms with van der Waals surface area (Å²) in [5.74, 6) is 0. The van der Waals surface area contributed by atoms with Crippen molar-refractivity contribution in [2.75, 3.05) is 0 Å². The number of hydrogen-bond donors (Lipinski definition) is 0. The molecule has 4 nitrogen and oxygen atoms in total. The van der Waals surface area contributed by atoms with E-state index in [4.69, 9.17) is 0 Å². The molecular formula is C14H12Cl2N4Pd-2. The Hall–Kier alpha value is -1.38. The molecule has 0 N–H and O–H groups in total. The van der Waals surface area contributed by atoms with Crippen molar-refractivity contribution in [2.24, 2.45) is 0 Å². The molecular weight excluding hydrogens is 402 g/mol. The number of fused-ring (bicyclic) bond motifs is 2. The van der Waals surface area contributed by atoms with Crippen LogP contribution in [0.15, 0.2) is 73.6 Å². The summed E-state index contributed by atoms with van der Waals surface area (Å²) in [5.41, 5.74) is 2.00. The normalized spacial score (nSPS) is 8.76. The second-order valence-corrected chi connectivity index (χ2v) is 3.79. The van der Waals surface area contributed by atoms with Crippen LogP contribution >= 0.6 is 0 Å². The summed E-state index contributed by atoms with van der Waals surface area (Å²) in [6, 6.07) is 11.9. The minimum atomic E-state index is 0. The van der Waals surface area contributed by atoms with E-state index in [1.165, 1.54) is 0 Å². The van der Waals surface area contributed by atoms with Crippen LogP contribution < -0.4 is 24.8 Å². The zero-order valence-electron chi connectivity index (χ0n) is 10.8. The Bertz CT molecular complexity index is 643. The Morgan fingerprint density at radius 2 is 1.05 bits per heavy atom. The molecule has 0 aliphatic carbocycles. The Kier molecular flexibility index (Phi) is 8.91. The van der Waals surface area contributed by atoms with Crippen LogP contribution in [-0.2, 0) is 20.4 Å². The van der Waals surface area contributed by atoms with Crippen molar-refractivity contribution < 1.29 is 45.2 Å². The molecule has 0 saturated carbocycles. The van der Waals surface area contributed by atoms with Gasteiger partial charge in [0.1, 0.15) is 11.3 Å². The second-order valence-electron chi connectivity index (χ2n) is 3.79. The molecule has 0 spiro atoms. The van der Waals surface area contributed by atoms with E-state index in [0.29, 0.717) is 0 Å². The van der Waals surface area contributed by atoms with E-state index in [1.807, 2.05) is 70.0 Å². The van der Waals surface area contributed by atoms with Gasteiger partial charge in [-0.3, -0.25) is 0 Å². The third-order valence-corrected chi connectivity index (χ3v) is 2.60. The minimum absolute atomic E-state index is 0. The van der Waals surface area contributed by atoms with Crippen LogP contribution in [-0.4, -0.2) is 18.8 Å². The van der Waals surface area contributed by atoms with Crippen molar-refractivity contribution in [3.8, 4) is 0 Å². The van der Waals surface area contributed by atoms with Gasteiger partial charge in [-0.25, -0.2) is 9.97 Å². The van der Waals surface area contributed by atoms with Crippen LogP contribution in [0.4, 0.5) is 0 Å². The molecule has 4 heterocycles. The fraction of sp³-hybridized carbons (Fsp3) is 0. The number of pyridine rings is 2. The van der Waals surface area contributed by atoms with Gasteiger partial charge in [0.2, 0.25) is 0 Å². The average molecular weight is 414 g/mol. The molecule has 0 bridgehead atoms. The molecule has 4 rings (SSSR count). The third kappa shape index (κ3) is 4.83. The van der Waals surface area contributed by atoms with E-state index in [0.717, 1.165) is 11.3 Å². The van der Waals surface area contributed by atoms with Crippen LogP contribution in [0.2, 0.25) is 0 Å². The SMILES string of the molecule is [Cl-].[Cl-].[Pd].c1ccn2ccnc2c1.c1ccn2ccnc2c1. The van der Waals surface area contributed by atoms with Crippen molar-refractivity contribution in [1.82, 2.24) is 18.8 Å². The molecule has 114 valence electrons. The quantitative estimate of drug-likeness (QED) is 0.283. The molecule has 7 heteroatoms. The van der Waals surface area contributed by atoms with Gasteiger partial charge in [0.15, 0.2) is 0 Å². The summed E-state index contributed by atoms with van der Waals surface area (Å²) in [6.45, 7) is 0. The van der Waals surface area contributed by atoms with Crippen LogP contribution in [0.3, 0.4) is 0 Å². The van der Waals surface area contributed by atoms with E-state index < -0.39 is 0 Å². The molecule has 0 amide bonds. The Balaban J connectivity index is 0.000000333. The zero-order valence-corrected chi connectivity index (χ0v) is 13.9. The van der Waals surface area contributed by atoms with Crippen LogP contribution in [0.5, 0.6) is 0 Å². The number of halogens is 2. The molecule has 4 aromatic rings. The number of imidazole rings is 2. The van der Waals surface area contributed by atoms with Gasteiger partial charge in [-0.15, -0.1) is 0 Å². The maximum Gasteiger partial charge on any atom is 0.136 e. The smallest absolute Gasteiger partial charge is 0.136 e. The topological polar surface area (TPSA) is 34.6 Å². The van der Waals surface area contributed by atoms with Crippen LogP contribution in [0.1, 0.15) is 0 Å². The number of rotatable bonds is 0. The summed E-state index contributed by atoms with van der Waals surface area (Å²) in [7, 11) is 0. The predicted molar refractivity (Wildman–Crippen MR) is 70.4 cm³/mol. The van der Waals surface area contributed by atoms with Crippen molar-refractivity contribution in [1.29, 1.82) is 0 Å². The molecule has 0 unspecified atom stereocenters. The number of nitrogens with zero attached hydrogens (tertiary/aromatic N) is 4. The molecule has 0 saturated heterocycles. The average Bonchev–Trinajstić information content (AvgIpc) is 3.08. The first-order valence-electron chi connectivity index (χ1n) is 5.69. The monoisotopic (exact) mass is 412 g/mol. The van der Waals surface area contributed by atoms with E-state index in [2.05, 4.69) is 9.97 Å². The van der Waals surface area contributed by atoms with Crippen molar-refractivity contribution in [3.63, 3.8) is 0 Å². The van der Waals surface area contributed by atoms with E-state index in [-0.39, 0.29) is 45.2 Å². The maximum absolute atomic E-state index is 4.08. The van der Waals surface area contributed by atoms with Gasteiger partial charge in [-0.2, -0.15) is 0 Å². The fourth-order valence-electron chi connectivity index (χ4n) is 1.73. The van der Waals surface area contributed by atoms with Gasteiger partial charge in [0, 0.05) is 57.6 Å². The predicted octanol–water partition coefficient (Wildman–Crippen LogP) is -3.33. The van der Waals surface area contributed by atoms with E-state index >= 15 is 0 Å². The second kappa shape index (κ2) is 9.54. The molecule has 21 heavy (non-hydrogen) atoms. The standard InChI is InChI=1S/2C7H6N2.2ClH.Pd/c2*1-2-5-9-6-4-8-7(9)3-1;;;/h2*1-6H;2*1H;/p-2. The van der Waals surface area contributed by atoms with E-state index in [1.54, 1.807) is 12.4 Å². The van der Waals surface area contributed by atoms with Crippen molar-refractivity contribution >= 4 is 11.3 Å². The summed E-state index contributed by atoms with van der Waals surface area (Å²) in [6.07, 6.45) is 11.4. The first-order valence-corrected chi connectivity index (χ1v) is 5.69. The molecule has 0 aliphatic heterocycles. The summed E-state index contributed by atoms with van der Waals surface area (Å²) in [4.78, 5) is 8.16. The first kappa shape index (κ1) is 19.6. The van der Waals surface area contributed by atoms with Gasteiger partial charge in [-0.1, -0.05) is 12.1 Å². The Morgan fingerprint density at radius 3 is 1.43 bits per heavy atom. The molecule has 0 aliphatic rings. The zero-order chi connectivity index (χ0) is 12.2. The van der Waals surface area contributed by atoms with Gasteiger partial charge in [0.25, 0.3) is 0 Å². The van der Waals surface area contributed by atoms with Crippen molar-refractivity contribution in [3.05, 3.63) is 73.6 Å². The van der Waals surface area contributed by atoms with Gasteiger partial charge < -0.3 is 33.6 Å². The molecule has 0 atom stereocenters. The van der Waals surface area contributed by atoms with Gasteiger partial charge in [-0.05, 0) is 24.3 Å².